The highest BCUT2D eigenvalue weighted by atomic mass is 79.9. The number of benzene rings is 1. The number of carbonyl (C=O) groups is 2. The highest BCUT2D eigenvalue weighted by Crippen LogP contribution is 2.25. The summed E-state index contributed by atoms with van der Waals surface area (Å²) in [5.74, 6) is -0.229. The highest BCUT2D eigenvalue weighted by molar-refractivity contribution is 9.10. The van der Waals surface area contributed by atoms with Gasteiger partial charge >= 0.3 is 0 Å². The summed E-state index contributed by atoms with van der Waals surface area (Å²) >= 11 is 3.18. The molecule has 3 rings (SSSR count). The third kappa shape index (κ3) is 3.22. The molecular weight excluding hydrogens is 374 g/mol. The largest absolute Gasteiger partial charge is 0.444 e. The SMILES string of the molecule is CN(C(=O)c1ccc(Br)o1)c1ccccc1C(=O)N1CC[C@@H](N)C1. The van der Waals surface area contributed by atoms with Gasteiger partial charge in [0.05, 0.1) is 11.3 Å². The first-order valence-corrected chi connectivity index (χ1v) is 8.44. The van der Waals surface area contributed by atoms with Crippen LogP contribution in [0.3, 0.4) is 0 Å². The van der Waals surface area contributed by atoms with Gasteiger partial charge in [-0.15, -0.1) is 0 Å². The van der Waals surface area contributed by atoms with Gasteiger partial charge in [-0.2, -0.15) is 0 Å². The second-order valence-corrected chi connectivity index (χ2v) is 6.57. The van der Waals surface area contributed by atoms with E-state index in [1.165, 1.54) is 4.90 Å². The van der Waals surface area contributed by atoms with Crippen molar-refractivity contribution in [2.75, 3.05) is 25.0 Å². The van der Waals surface area contributed by atoms with E-state index in [0.717, 1.165) is 6.42 Å². The number of furan rings is 1. The van der Waals surface area contributed by atoms with Crippen LogP contribution in [0.25, 0.3) is 0 Å². The highest BCUT2D eigenvalue weighted by Gasteiger charge is 2.28. The molecule has 0 aliphatic carbocycles. The Hall–Kier alpha value is -2.12. The summed E-state index contributed by atoms with van der Waals surface area (Å²) in [6, 6.07) is 10.3. The minimum absolute atomic E-state index is 0.0148. The fraction of sp³-hybridized carbons (Fsp3) is 0.294. The molecule has 24 heavy (non-hydrogen) atoms. The van der Waals surface area contributed by atoms with E-state index in [1.807, 2.05) is 0 Å². The predicted octanol–water partition coefficient (Wildman–Crippen LogP) is 2.49. The number of likely N-dealkylation sites (tertiary alicyclic amines) is 1. The molecular formula is C17H18BrN3O3. The summed E-state index contributed by atoms with van der Waals surface area (Å²) in [6.45, 7) is 1.17. The van der Waals surface area contributed by atoms with Gasteiger partial charge in [-0.25, -0.2) is 0 Å². The van der Waals surface area contributed by atoms with E-state index in [0.29, 0.717) is 29.0 Å². The molecule has 0 unspecified atom stereocenters. The van der Waals surface area contributed by atoms with Gasteiger partial charge in [-0.1, -0.05) is 12.1 Å². The van der Waals surface area contributed by atoms with Crippen molar-refractivity contribution >= 4 is 33.4 Å². The van der Waals surface area contributed by atoms with Crippen LogP contribution in [0.1, 0.15) is 27.3 Å². The molecule has 7 heteroatoms. The van der Waals surface area contributed by atoms with E-state index in [-0.39, 0.29) is 23.6 Å². The molecule has 0 spiro atoms. The molecule has 6 nitrogen and oxygen atoms in total. The van der Waals surface area contributed by atoms with Crippen LogP contribution in [-0.4, -0.2) is 42.9 Å². The molecule has 2 aromatic rings. The quantitative estimate of drug-likeness (QED) is 0.871. The summed E-state index contributed by atoms with van der Waals surface area (Å²) in [5, 5.41) is 0. The maximum Gasteiger partial charge on any atom is 0.293 e. The zero-order valence-corrected chi connectivity index (χ0v) is 14.8. The van der Waals surface area contributed by atoms with Gasteiger partial charge in [0.25, 0.3) is 11.8 Å². The van der Waals surface area contributed by atoms with Gasteiger partial charge in [0.1, 0.15) is 0 Å². The molecule has 0 radical (unpaired) electrons. The average molecular weight is 392 g/mol. The van der Waals surface area contributed by atoms with Crippen LogP contribution in [0.4, 0.5) is 5.69 Å². The van der Waals surface area contributed by atoms with Gasteiger partial charge in [-0.05, 0) is 46.6 Å². The first-order chi connectivity index (χ1) is 11.5. The van der Waals surface area contributed by atoms with Gasteiger partial charge in [0.2, 0.25) is 0 Å². The monoisotopic (exact) mass is 391 g/mol. The maximum atomic E-state index is 12.8. The molecule has 1 aromatic carbocycles. The zero-order valence-electron chi connectivity index (χ0n) is 13.2. The molecule has 1 saturated heterocycles. The minimum atomic E-state index is -0.320. The molecule has 1 aromatic heterocycles. The van der Waals surface area contributed by atoms with Crippen molar-refractivity contribution in [2.24, 2.45) is 5.73 Å². The van der Waals surface area contributed by atoms with Crippen molar-refractivity contribution in [3.05, 3.63) is 52.4 Å². The second-order valence-electron chi connectivity index (χ2n) is 5.78. The molecule has 2 heterocycles. The molecule has 1 aliphatic heterocycles. The first kappa shape index (κ1) is 16.7. The lowest BCUT2D eigenvalue weighted by Gasteiger charge is -2.22. The van der Waals surface area contributed by atoms with E-state index >= 15 is 0 Å². The van der Waals surface area contributed by atoms with Crippen LogP contribution in [0.15, 0.2) is 45.5 Å². The fourth-order valence-electron chi connectivity index (χ4n) is 2.79. The van der Waals surface area contributed by atoms with Crippen molar-refractivity contribution in [2.45, 2.75) is 12.5 Å². The Bertz CT molecular complexity index is 774. The van der Waals surface area contributed by atoms with Crippen molar-refractivity contribution in [3.8, 4) is 0 Å². The third-order valence-corrected chi connectivity index (χ3v) is 4.52. The zero-order chi connectivity index (χ0) is 17.3. The third-order valence-electron chi connectivity index (χ3n) is 4.10. The lowest BCUT2D eigenvalue weighted by atomic mass is 10.1. The van der Waals surface area contributed by atoms with E-state index < -0.39 is 0 Å². The van der Waals surface area contributed by atoms with Crippen LogP contribution in [-0.2, 0) is 0 Å². The van der Waals surface area contributed by atoms with E-state index in [4.69, 9.17) is 10.2 Å². The lowest BCUT2D eigenvalue weighted by molar-refractivity contribution is 0.0791. The summed E-state index contributed by atoms with van der Waals surface area (Å²) in [4.78, 5) is 28.5. The minimum Gasteiger partial charge on any atom is -0.444 e. The summed E-state index contributed by atoms with van der Waals surface area (Å²) in [5.41, 5.74) is 6.91. The number of hydrogen-bond donors (Lipinski definition) is 1. The Labute approximate surface area is 148 Å². The number of nitrogens with two attached hydrogens (primary N) is 1. The number of amides is 2. The number of halogens is 1. The normalized spacial score (nSPS) is 17.1. The smallest absolute Gasteiger partial charge is 0.293 e. The van der Waals surface area contributed by atoms with Gasteiger partial charge in [0.15, 0.2) is 10.4 Å². The fourth-order valence-corrected chi connectivity index (χ4v) is 3.10. The Morgan fingerprint density at radius 1 is 1.29 bits per heavy atom. The molecule has 2 N–H and O–H groups in total. The van der Waals surface area contributed by atoms with E-state index in [1.54, 1.807) is 48.3 Å². The molecule has 0 bridgehead atoms. The number of nitrogens with zero attached hydrogens (tertiary/aromatic N) is 2. The van der Waals surface area contributed by atoms with Crippen molar-refractivity contribution in [1.82, 2.24) is 4.90 Å². The standard InChI is InChI=1S/C17H18BrN3O3/c1-20(17(23)14-6-7-15(18)24-14)13-5-3-2-4-12(13)16(22)21-9-8-11(19)10-21/h2-7,11H,8-10,19H2,1H3/t11-/m1/s1. The second kappa shape index (κ2) is 6.78. The Kier molecular flexibility index (Phi) is 4.73. The van der Waals surface area contributed by atoms with Crippen LogP contribution >= 0.6 is 15.9 Å². The van der Waals surface area contributed by atoms with Crippen molar-refractivity contribution in [1.29, 1.82) is 0 Å². The number of hydrogen-bond acceptors (Lipinski definition) is 4. The van der Waals surface area contributed by atoms with Crippen LogP contribution in [0, 0.1) is 0 Å². The number of anilines is 1. The van der Waals surface area contributed by atoms with Crippen molar-refractivity contribution in [3.63, 3.8) is 0 Å². The number of rotatable bonds is 3. The Balaban J connectivity index is 1.88. The summed E-state index contributed by atoms with van der Waals surface area (Å²) in [6.07, 6.45) is 0.795. The molecule has 0 saturated carbocycles. The van der Waals surface area contributed by atoms with Crippen LogP contribution in [0.2, 0.25) is 0 Å². The molecule has 2 amide bonds. The van der Waals surface area contributed by atoms with Crippen LogP contribution < -0.4 is 10.6 Å². The molecule has 1 fully saturated rings. The topological polar surface area (TPSA) is 79.8 Å². The summed E-state index contributed by atoms with van der Waals surface area (Å²) in [7, 11) is 1.63. The van der Waals surface area contributed by atoms with Crippen molar-refractivity contribution < 1.29 is 14.0 Å². The first-order valence-electron chi connectivity index (χ1n) is 7.64. The number of carbonyl (C=O) groups excluding carboxylic acids is 2. The molecule has 126 valence electrons. The Morgan fingerprint density at radius 2 is 2.04 bits per heavy atom. The van der Waals surface area contributed by atoms with Crippen LogP contribution in [0.5, 0.6) is 0 Å². The summed E-state index contributed by atoms with van der Waals surface area (Å²) < 4.78 is 5.80. The van der Waals surface area contributed by atoms with E-state index in [9.17, 15) is 9.59 Å². The predicted molar refractivity (Wildman–Crippen MR) is 94.1 cm³/mol. The Morgan fingerprint density at radius 3 is 2.67 bits per heavy atom. The van der Waals surface area contributed by atoms with Gasteiger partial charge in [0, 0.05) is 26.2 Å². The lowest BCUT2D eigenvalue weighted by Crippen LogP contribution is -2.34. The average Bonchev–Trinajstić information content (AvgIpc) is 3.21. The maximum absolute atomic E-state index is 12.8. The van der Waals surface area contributed by atoms with Gasteiger partial charge < -0.3 is 20.0 Å². The van der Waals surface area contributed by atoms with Gasteiger partial charge in [-0.3, -0.25) is 9.59 Å². The molecule has 1 aliphatic rings. The number of para-hydroxylation sites is 1. The molecule has 1 atom stereocenters. The van der Waals surface area contributed by atoms with E-state index in [2.05, 4.69) is 15.9 Å².